The van der Waals surface area contributed by atoms with Gasteiger partial charge in [-0.05, 0) is 47.9 Å². The predicted molar refractivity (Wildman–Crippen MR) is 154 cm³/mol. The van der Waals surface area contributed by atoms with Crippen LogP contribution in [0.3, 0.4) is 0 Å². The lowest BCUT2D eigenvalue weighted by Gasteiger charge is -2.42. The normalized spacial score (nSPS) is 16.4. The van der Waals surface area contributed by atoms with Gasteiger partial charge >= 0.3 is 0 Å². The van der Waals surface area contributed by atoms with E-state index in [0.29, 0.717) is 31.6 Å². The maximum atomic E-state index is 14.2. The molecule has 1 atom stereocenters. The number of hydrogen-bond acceptors (Lipinski definition) is 4. The van der Waals surface area contributed by atoms with E-state index in [1.807, 2.05) is 42.5 Å². The van der Waals surface area contributed by atoms with Gasteiger partial charge in [0.15, 0.2) is 0 Å². The number of aromatic nitrogens is 1. The average molecular weight is 538 g/mol. The van der Waals surface area contributed by atoms with E-state index in [1.54, 1.807) is 40.8 Å². The van der Waals surface area contributed by atoms with Gasteiger partial charge in [0.2, 0.25) is 10.0 Å². The fourth-order valence-corrected chi connectivity index (χ4v) is 7.23. The molecular weight excluding hydrogens is 509 g/mol. The van der Waals surface area contributed by atoms with Gasteiger partial charge in [0.25, 0.3) is 0 Å². The molecule has 7 heteroatoms. The fraction of sp³-hybridized carbons (Fsp3) is 0.156. The zero-order valence-electron chi connectivity index (χ0n) is 21.3. The number of rotatable bonds is 6. The molecule has 0 aliphatic carbocycles. The monoisotopic (exact) mass is 537 g/mol. The second-order valence-electron chi connectivity index (χ2n) is 9.76. The highest BCUT2D eigenvalue weighted by molar-refractivity contribution is 7.89. The topological polar surface area (TPSA) is 53.5 Å². The third-order valence-corrected chi connectivity index (χ3v) is 9.31. The molecule has 6 rings (SSSR count). The number of hydrogen-bond donors (Lipinski definition) is 0. The lowest BCUT2D eigenvalue weighted by Crippen LogP contribution is -2.56. The van der Waals surface area contributed by atoms with Crippen molar-refractivity contribution in [1.29, 1.82) is 0 Å². The standard InChI is InChI=1S/C32H28FN3O2S/c33-27-17-15-24(16-18-27)22-28-23-35(30-13-5-4-12-29(30)25-8-2-1-3-9-25)20-21-36(28)39(37,38)31-14-6-10-26-11-7-19-34-32(26)31/h1-19,28H,20-23H2. The maximum absolute atomic E-state index is 14.2. The van der Waals surface area contributed by atoms with Gasteiger partial charge in [-0.3, -0.25) is 4.98 Å². The van der Waals surface area contributed by atoms with Gasteiger partial charge in [0.1, 0.15) is 10.7 Å². The smallest absolute Gasteiger partial charge is 0.245 e. The molecule has 39 heavy (non-hydrogen) atoms. The molecule has 1 unspecified atom stereocenters. The van der Waals surface area contributed by atoms with E-state index in [-0.39, 0.29) is 16.8 Å². The molecule has 0 saturated carbocycles. The van der Waals surface area contributed by atoms with Gasteiger partial charge in [-0.15, -0.1) is 0 Å². The van der Waals surface area contributed by atoms with Crippen LogP contribution in [0.5, 0.6) is 0 Å². The molecule has 1 aliphatic rings. The summed E-state index contributed by atoms with van der Waals surface area (Å²) in [5.41, 5.74) is 4.64. The fourth-order valence-electron chi connectivity index (χ4n) is 5.45. The summed E-state index contributed by atoms with van der Waals surface area (Å²) >= 11 is 0. The van der Waals surface area contributed by atoms with E-state index in [1.165, 1.54) is 12.1 Å². The van der Waals surface area contributed by atoms with Gasteiger partial charge in [0, 0.05) is 48.5 Å². The summed E-state index contributed by atoms with van der Waals surface area (Å²) < 4.78 is 43.7. The van der Waals surface area contributed by atoms with Crippen molar-refractivity contribution in [2.45, 2.75) is 17.4 Å². The first kappa shape index (κ1) is 25.2. The van der Waals surface area contributed by atoms with Crippen LogP contribution >= 0.6 is 0 Å². The molecule has 1 fully saturated rings. The van der Waals surface area contributed by atoms with Crippen molar-refractivity contribution in [2.75, 3.05) is 24.5 Å². The number of piperazine rings is 1. The van der Waals surface area contributed by atoms with E-state index in [2.05, 4.69) is 34.1 Å². The molecule has 0 amide bonds. The Labute approximate surface area is 228 Å². The molecule has 0 spiro atoms. The zero-order chi connectivity index (χ0) is 26.8. The highest BCUT2D eigenvalue weighted by atomic mass is 32.2. The lowest BCUT2D eigenvalue weighted by molar-refractivity contribution is 0.288. The Bertz CT molecular complexity index is 1700. The van der Waals surface area contributed by atoms with Crippen LogP contribution in [0.15, 0.2) is 120 Å². The first-order chi connectivity index (χ1) is 19.0. The highest BCUT2D eigenvalue weighted by Gasteiger charge is 2.37. The van der Waals surface area contributed by atoms with Crippen LogP contribution in [0.25, 0.3) is 22.0 Å². The lowest BCUT2D eigenvalue weighted by atomic mass is 10.00. The Hall–Kier alpha value is -4.07. The van der Waals surface area contributed by atoms with Crippen molar-refractivity contribution in [3.05, 3.63) is 127 Å². The number of para-hydroxylation sites is 2. The summed E-state index contributed by atoms with van der Waals surface area (Å²) in [4.78, 5) is 6.89. The van der Waals surface area contributed by atoms with Crippen molar-refractivity contribution in [2.24, 2.45) is 0 Å². The largest absolute Gasteiger partial charge is 0.368 e. The van der Waals surface area contributed by atoms with Gasteiger partial charge < -0.3 is 4.90 Å². The van der Waals surface area contributed by atoms with E-state index >= 15 is 0 Å². The number of sulfonamides is 1. The predicted octanol–water partition coefficient (Wildman–Crippen LogP) is 6.16. The summed E-state index contributed by atoms with van der Waals surface area (Å²) in [5.74, 6) is -0.313. The SMILES string of the molecule is O=S(=O)(c1cccc2cccnc12)N1CCN(c2ccccc2-c2ccccc2)CC1Cc1ccc(F)cc1. The Morgan fingerprint density at radius 2 is 1.54 bits per heavy atom. The molecule has 1 saturated heterocycles. The second kappa shape index (κ2) is 10.6. The van der Waals surface area contributed by atoms with Crippen LogP contribution in [-0.2, 0) is 16.4 Å². The zero-order valence-corrected chi connectivity index (χ0v) is 22.1. The Balaban J connectivity index is 1.39. The van der Waals surface area contributed by atoms with Crippen LogP contribution in [-0.4, -0.2) is 43.4 Å². The summed E-state index contributed by atoms with van der Waals surface area (Å²) in [6.07, 6.45) is 2.08. The van der Waals surface area contributed by atoms with Gasteiger partial charge in [-0.25, -0.2) is 12.8 Å². The molecule has 0 N–H and O–H groups in total. The van der Waals surface area contributed by atoms with Crippen molar-refractivity contribution in [3.63, 3.8) is 0 Å². The van der Waals surface area contributed by atoms with E-state index in [9.17, 15) is 12.8 Å². The molecule has 0 radical (unpaired) electrons. The van der Waals surface area contributed by atoms with Gasteiger partial charge in [0.05, 0.1) is 5.52 Å². The van der Waals surface area contributed by atoms with Crippen molar-refractivity contribution in [1.82, 2.24) is 9.29 Å². The first-order valence-corrected chi connectivity index (χ1v) is 14.4. The van der Waals surface area contributed by atoms with Crippen LogP contribution in [0, 0.1) is 5.82 Å². The maximum Gasteiger partial charge on any atom is 0.245 e. The Morgan fingerprint density at radius 1 is 0.795 bits per heavy atom. The van der Waals surface area contributed by atoms with Crippen LogP contribution in [0.1, 0.15) is 5.56 Å². The molecule has 1 aromatic heterocycles. The van der Waals surface area contributed by atoms with Gasteiger partial charge in [-0.1, -0.05) is 78.9 Å². The third-order valence-electron chi connectivity index (χ3n) is 7.33. The summed E-state index contributed by atoms with van der Waals surface area (Å²) in [6, 6.07) is 33.3. The number of pyridine rings is 1. The van der Waals surface area contributed by atoms with Crippen molar-refractivity contribution < 1.29 is 12.8 Å². The molecule has 1 aliphatic heterocycles. The quantitative estimate of drug-likeness (QED) is 0.260. The molecule has 5 nitrogen and oxygen atoms in total. The molecule has 5 aromatic rings. The van der Waals surface area contributed by atoms with Crippen LogP contribution in [0.2, 0.25) is 0 Å². The Kier molecular flexibility index (Phi) is 6.85. The number of benzene rings is 4. The van der Waals surface area contributed by atoms with Crippen LogP contribution < -0.4 is 4.90 Å². The third kappa shape index (κ3) is 5.03. The average Bonchev–Trinajstić information content (AvgIpc) is 2.98. The molecule has 4 aromatic carbocycles. The van der Waals surface area contributed by atoms with E-state index < -0.39 is 10.0 Å². The summed E-state index contributed by atoms with van der Waals surface area (Å²) in [6.45, 7) is 1.36. The van der Waals surface area contributed by atoms with E-state index in [0.717, 1.165) is 27.8 Å². The van der Waals surface area contributed by atoms with Crippen LogP contribution in [0.4, 0.5) is 10.1 Å². The summed E-state index contributed by atoms with van der Waals surface area (Å²) in [5, 5.41) is 0.782. The Morgan fingerprint density at radius 3 is 2.36 bits per heavy atom. The van der Waals surface area contributed by atoms with Crippen molar-refractivity contribution >= 4 is 26.6 Å². The molecule has 2 heterocycles. The van der Waals surface area contributed by atoms with E-state index in [4.69, 9.17) is 0 Å². The van der Waals surface area contributed by atoms with Crippen molar-refractivity contribution in [3.8, 4) is 11.1 Å². The highest BCUT2D eigenvalue weighted by Crippen LogP contribution is 2.34. The summed E-state index contributed by atoms with van der Waals surface area (Å²) in [7, 11) is -3.86. The minimum absolute atomic E-state index is 0.211. The minimum Gasteiger partial charge on any atom is -0.368 e. The molecular formula is C32H28FN3O2S. The minimum atomic E-state index is -3.86. The molecule has 0 bridgehead atoms. The number of anilines is 1. The number of fused-ring (bicyclic) bond motifs is 1. The van der Waals surface area contributed by atoms with Gasteiger partial charge in [-0.2, -0.15) is 4.31 Å². The second-order valence-corrected chi connectivity index (χ2v) is 11.6. The molecule has 196 valence electrons. The number of nitrogens with zero attached hydrogens (tertiary/aromatic N) is 3. The number of halogens is 1. The first-order valence-electron chi connectivity index (χ1n) is 13.0.